The number of rotatable bonds is 5. The van der Waals surface area contributed by atoms with Crippen LogP contribution in [0.3, 0.4) is 0 Å². The van der Waals surface area contributed by atoms with Crippen molar-refractivity contribution in [3.8, 4) is 0 Å². The summed E-state index contributed by atoms with van der Waals surface area (Å²) >= 11 is 3.64. The maximum Gasteiger partial charge on any atom is 0.407 e. The van der Waals surface area contributed by atoms with Gasteiger partial charge in [-0.15, -0.1) is 0 Å². The standard InChI is InChI=1S/C21H24BrN5O3/c22-15-4-1-3-14-16(15)24-18(27-10-20(11-27)12-29-19(28)26-20)25-17(14)23-9-21(13-5-6-13)7-2-8-30-21/h1,3-4,13H,2,5-12H2,(H,26,28)(H,23,24,25). The number of amides is 1. The van der Waals surface area contributed by atoms with Crippen molar-refractivity contribution in [2.75, 3.05) is 43.1 Å². The molecule has 1 aromatic carbocycles. The summed E-state index contributed by atoms with van der Waals surface area (Å²) in [6, 6.07) is 6.05. The molecule has 8 nitrogen and oxygen atoms in total. The lowest BCUT2D eigenvalue weighted by atomic mass is 9.92. The van der Waals surface area contributed by atoms with Crippen LogP contribution in [0.15, 0.2) is 22.7 Å². The first-order valence-electron chi connectivity index (χ1n) is 10.6. The molecule has 3 aliphatic heterocycles. The molecule has 9 heteroatoms. The number of ether oxygens (including phenoxy) is 2. The first-order chi connectivity index (χ1) is 14.6. The molecule has 1 aliphatic carbocycles. The van der Waals surface area contributed by atoms with E-state index in [9.17, 15) is 4.79 Å². The fourth-order valence-corrected chi connectivity index (χ4v) is 5.49. The lowest BCUT2D eigenvalue weighted by Gasteiger charge is -2.45. The van der Waals surface area contributed by atoms with Crippen LogP contribution in [0.1, 0.15) is 25.7 Å². The van der Waals surface area contributed by atoms with E-state index in [1.54, 1.807) is 0 Å². The van der Waals surface area contributed by atoms with E-state index in [2.05, 4.69) is 31.5 Å². The van der Waals surface area contributed by atoms with Gasteiger partial charge in [0.2, 0.25) is 5.95 Å². The van der Waals surface area contributed by atoms with E-state index in [0.717, 1.165) is 47.2 Å². The predicted octanol–water partition coefficient (Wildman–Crippen LogP) is 3.06. The van der Waals surface area contributed by atoms with Gasteiger partial charge >= 0.3 is 6.09 Å². The number of carbonyl (C=O) groups is 1. The number of halogens is 1. The highest BCUT2D eigenvalue weighted by molar-refractivity contribution is 9.10. The summed E-state index contributed by atoms with van der Waals surface area (Å²) in [6.07, 6.45) is 4.40. The zero-order chi connectivity index (χ0) is 20.3. The fraction of sp³-hybridized carbons (Fsp3) is 0.571. The van der Waals surface area contributed by atoms with E-state index >= 15 is 0 Å². The highest BCUT2D eigenvalue weighted by Gasteiger charge is 2.51. The molecule has 4 fully saturated rings. The minimum Gasteiger partial charge on any atom is -0.447 e. The highest BCUT2D eigenvalue weighted by atomic mass is 79.9. The number of carbonyl (C=O) groups excluding carboxylic acids is 1. The molecule has 30 heavy (non-hydrogen) atoms. The Kier molecular flexibility index (Phi) is 4.15. The maximum absolute atomic E-state index is 11.5. The number of hydrogen-bond donors (Lipinski definition) is 2. The van der Waals surface area contributed by atoms with Crippen LogP contribution in [-0.2, 0) is 9.47 Å². The molecule has 0 bridgehead atoms. The van der Waals surface area contributed by atoms with Gasteiger partial charge in [0.15, 0.2) is 0 Å². The van der Waals surface area contributed by atoms with Gasteiger partial charge in [-0.1, -0.05) is 6.07 Å². The molecule has 4 heterocycles. The van der Waals surface area contributed by atoms with Crippen LogP contribution in [0, 0.1) is 5.92 Å². The Balaban J connectivity index is 1.30. The molecule has 0 radical (unpaired) electrons. The van der Waals surface area contributed by atoms with Crippen molar-refractivity contribution in [3.05, 3.63) is 22.7 Å². The summed E-state index contributed by atoms with van der Waals surface area (Å²) in [5.41, 5.74) is 0.505. The fourth-order valence-electron chi connectivity index (χ4n) is 5.04. The number of alkyl carbamates (subject to hydrolysis) is 1. The van der Waals surface area contributed by atoms with Gasteiger partial charge in [0.1, 0.15) is 18.0 Å². The Labute approximate surface area is 182 Å². The second-order valence-corrected chi connectivity index (χ2v) is 9.84. The van der Waals surface area contributed by atoms with Gasteiger partial charge in [-0.3, -0.25) is 0 Å². The molecule has 3 saturated heterocycles. The number of aromatic nitrogens is 2. The highest BCUT2D eigenvalue weighted by Crippen LogP contribution is 2.47. The van der Waals surface area contributed by atoms with Crippen molar-refractivity contribution in [2.24, 2.45) is 5.92 Å². The smallest absolute Gasteiger partial charge is 0.407 e. The maximum atomic E-state index is 11.5. The average molecular weight is 474 g/mol. The number of nitrogens with one attached hydrogen (secondary N) is 2. The van der Waals surface area contributed by atoms with E-state index in [-0.39, 0.29) is 17.2 Å². The SMILES string of the molecule is O=C1NC2(CO1)CN(c1nc(NCC3(C4CC4)CCCO3)c3cccc(Br)c3n1)C2. The van der Waals surface area contributed by atoms with Crippen LogP contribution in [0.5, 0.6) is 0 Å². The first kappa shape index (κ1) is 18.6. The third-order valence-corrected chi connectivity index (χ3v) is 7.43. The molecule has 1 atom stereocenters. The van der Waals surface area contributed by atoms with Crippen molar-refractivity contribution in [1.29, 1.82) is 0 Å². The number of cyclic esters (lactones) is 1. The normalized spacial score (nSPS) is 27.2. The molecule has 1 unspecified atom stereocenters. The van der Waals surface area contributed by atoms with Crippen LogP contribution < -0.4 is 15.5 Å². The van der Waals surface area contributed by atoms with Gasteiger partial charge < -0.3 is 25.0 Å². The van der Waals surface area contributed by atoms with Crippen LogP contribution in [0.4, 0.5) is 16.6 Å². The number of fused-ring (bicyclic) bond motifs is 1. The number of hydrogen-bond acceptors (Lipinski definition) is 7. The molecule has 2 aromatic rings. The minimum atomic E-state index is -0.346. The second kappa shape index (κ2) is 6.68. The monoisotopic (exact) mass is 473 g/mol. The van der Waals surface area contributed by atoms with Crippen molar-refractivity contribution in [3.63, 3.8) is 0 Å². The van der Waals surface area contributed by atoms with Gasteiger partial charge in [0.05, 0.1) is 11.1 Å². The topological polar surface area (TPSA) is 88.6 Å². The van der Waals surface area contributed by atoms with Crippen molar-refractivity contribution >= 4 is 44.7 Å². The van der Waals surface area contributed by atoms with Crippen molar-refractivity contribution in [2.45, 2.75) is 36.8 Å². The van der Waals surface area contributed by atoms with Crippen LogP contribution in [-0.4, -0.2) is 60.0 Å². The summed E-state index contributed by atoms with van der Waals surface area (Å²) in [5, 5.41) is 7.52. The number of benzene rings is 1. The van der Waals surface area contributed by atoms with Crippen LogP contribution >= 0.6 is 15.9 Å². The molecule has 1 spiro atoms. The summed E-state index contributed by atoms with van der Waals surface area (Å²) < 4.78 is 12.3. The van der Waals surface area contributed by atoms with Crippen LogP contribution in [0.25, 0.3) is 10.9 Å². The number of anilines is 2. The average Bonchev–Trinajstić information content (AvgIpc) is 3.34. The zero-order valence-corrected chi connectivity index (χ0v) is 18.2. The van der Waals surface area contributed by atoms with E-state index in [1.165, 1.54) is 12.8 Å². The summed E-state index contributed by atoms with van der Waals surface area (Å²) in [4.78, 5) is 23.2. The Morgan fingerprint density at radius 2 is 2.17 bits per heavy atom. The Morgan fingerprint density at radius 3 is 2.87 bits per heavy atom. The molecule has 1 amide bonds. The summed E-state index contributed by atoms with van der Waals surface area (Å²) in [5.74, 6) is 2.16. The van der Waals surface area contributed by atoms with Crippen molar-refractivity contribution < 1.29 is 14.3 Å². The van der Waals surface area contributed by atoms with E-state index in [4.69, 9.17) is 19.4 Å². The third-order valence-electron chi connectivity index (χ3n) is 6.79. The molecule has 6 rings (SSSR count). The predicted molar refractivity (Wildman–Crippen MR) is 116 cm³/mol. The van der Waals surface area contributed by atoms with Gasteiger partial charge in [-0.2, -0.15) is 4.98 Å². The minimum absolute atomic E-state index is 0.0598. The number of nitrogens with zero attached hydrogens (tertiary/aromatic N) is 3. The molecular weight excluding hydrogens is 450 g/mol. The second-order valence-electron chi connectivity index (χ2n) is 8.99. The summed E-state index contributed by atoms with van der Waals surface area (Å²) in [6.45, 7) is 3.30. The molecule has 1 saturated carbocycles. The quantitative estimate of drug-likeness (QED) is 0.689. The lowest BCUT2D eigenvalue weighted by molar-refractivity contribution is -0.00329. The Hall–Kier alpha value is -2.13. The van der Waals surface area contributed by atoms with E-state index in [1.807, 2.05) is 18.2 Å². The third kappa shape index (κ3) is 3.01. The Bertz CT molecular complexity index is 1020. The lowest BCUT2D eigenvalue weighted by Crippen LogP contribution is -2.69. The van der Waals surface area contributed by atoms with Crippen molar-refractivity contribution in [1.82, 2.24) is 15.3 Å². The molecule has 2 N–H and O–H groups in total. The molecule has 158 valence electrons. The van der Waals surface area contributed by atoms with Gasteiger partial charge in [-0.25, -0.2) is 9.78 Å². The molecule has 1 aromatic heterocycles. The number of para-hydroxylation sites is 1. The van der Waals surface area contributed by atoms with Gasteiger partial charge in [0, 0.05) is 36.1 Å². The Morgan fingerprint density at radius 1 is 1.30 bits per heavy atom. The largest absolute Gasteiger partial charge is 0.447 e. The zero-order valence-electron chi connectivity index (χ0n) is 16.6. The van der Waals surface area contributed by atoms with Gasteiger partial charge in [0.25, 0.3) is 0 Å². The van der Waals surface area contributed by atoms with E-state index in [0.29, 0.717) is 31.6 Å². The molecule has 4 aliphatic rings. The van der Waals surface area contributed by atoms with Gasteiger partial charge in [-0.05, 0) is 59.7 Å². The first-order valence-corrected chi connectivity index (χ1v) is 11.4. The molecular formula is C21H24BrN5O3. The van der Waals surface area contributed by atoms with Crippen LogP contribution in [0.2, 0.25) is 0 Å². The van der Waals surface area contributed by atoms with E-state index < -0.39 is 0 Å². The summed E-state index contributed by atoms with van der Waals surface area (Å²) in [7, 11) is 0.